The maximum atomic E-state index is 13.2. The van der Waals surface area contributed by atoms with E-state index in [0.717, 1.165) is 5.56 Å². The molecule has 1 heterocycles. The largest absolute Gasteiger partial charge is 0.494 e. The lowest BCUT2D eigenvalue weighted by Gasteiger charge is -2.07. The molecule has 0 radical (unpaired) electrons. The Morgan fingerprint density at radius 2 is 1.79 bits per heavy atom. The van der Waals surface area contributed by atoms with Crippen LogP contribution in [0.5, 0.6) is 5.75 Å². The molecule has 5 heteroatoms. The molecule has 0 atom stereocenters. The molecule has 0 saturated carbocycles. The van der Waals surface area contributed by atoms with E-state index in [2.05, 4.69) is 5.32 Å². The molecule has 1 aromatic heterocycles. The second kappa shape index (κ2) is 7.56. The maximum absolute atomic E-state index is 13.2. The van der Waals surface area contributed by atoms with Crippen molar-refractivity contribution in [2.45, 2.75) is 6.92 Å². The number of carbonyl (C=O) groups excluding carboxylic acids is 1. The number of halogens is 1. The van der Waals surface area contributed by atoms with E-state index in [1.54, 1.807) is 12.1 Å². The molecule has 3 aromatic carbocycles. The quantitative estimate of drug-likeness (QED) is 0.473. The van der Waals surface area contributed by atoms with Crippen LogP contribution in [-0.4, -0.2) is 12.5 Å². The molecule has 0 spiro atoms. The molecule has 1 amide bonds. The van der Waals surface area contributed by atoms with Crippen molar-refractivity contribution < 1.29 is 18.3 Å². The van der Waals surface area contributed by atoms with Gasteiger partial charge in [0.15, 0.2) is 0 Å². The summed E-state index contributed by atoms with van der Waals surface area (Å²) in [5, 5.41) is 3.48. The van der Waals surface area contributed by atoms with Gasteiger partial charge < -0.3 is 14.5 Å². The zero-order valence-electron chi connectivity index (χ0n) is 15.2. The molecular formula is C23H18FNO3. The number of benzene rings is 3. The fourth-order valence-electron chi connectivity index (χ4n) is 3.08. The van der Waals surface area contributed by atoms with Gasteiger partial charge in [-0.2, -0.15) is 0 Å². The summed E-state index contributed by atoms with van der Waals surface area (Å²) in [6, 6.07) is 20.5. The van der Waals surface area contributed by atoms with Crippen molar-refractivity contribution in [3.8, 4) is 17.1 Å². The van der Waals surface area contributed by atoms with Crippen LogP contribution in [0, 0.1) is 5.82 Å². The van der Waals surface area contributed by atoms with Gasteiger partial charge in [-0.15, -0.1) is 0 Å². The predicted molar refractivity (Wildman–Crippen MR) is 107 cm³/mol. The number of nitrogens with one attached hydrogen (secondary N) is 1. The summed E-state index contributed by atoms with van der Waals surface area (Å²) < 4.78 is 24.8. The first-order valence-electron chi connectivity index (χ1n) is 8.97. The van der Waals surface area contributed by atoms with Gasteiger partial charge in [0, 0.05) is 16.6 Å². The van der Waals surface area contributed by atoms with E-state index in [-0.39, 0.29) is 11.7 Å². The lowest BCUT2D eigenvalue weighted by molar-refractivity contribution is 0.102. The first-order chi connectivity index (χ1) is 13.7. The fourth-order valence-corrected chi connectivity index (χ4v) is 3.08. The molecule has 0 bridgehead atoms. The number of fused-ring (bicyclic) bond motifs is 1. The zero-order chi connectivity index (χ0) is 19.5. The van der Waals surface area contributed by atoms with Crippen molar-refractivity contribution in [1.29, 1.82) is 0 Å². The minimum atomic E-state index is -0.363. The second-order valence-corrected chi connectivity index (χ2v) is 6.22. The fraction of sp³-hybridized carbons (Fsp3) is 0.0870. The number of furan rings is 1. The van der Waals surface area contributed by atoms with Crippen LogP contribution in [0.2, 0.25) is 0 Å². The second-order valence-electron chi connectivity index (χ2n) is 6.22. The molecule has 0 unspecified atom stereocenters. The summed E-state index contributed by atoms with van der Waals surface area (Å²) in [5.41, 5.74) is 2.29. The van der Waals surface area contributed by atoms with Gasteiger partial charge in [0.05, 0.1) is 12.2 Å². The van der Waals surface area contributed by atoms with Crippen molar-refractivity contribution in [1.82, 2.24) is 0 Å². The number of anilines is 1. The summed E-state index contributed by atoms with van der Waals surface area (Å²) in [5.74, 6) is 0.436. The molecule has 0 aliphatic rings. The molecule has 0 aliphatic carbocycles. The molecule has 28 heavy (non-hydrogen) atoms. The van der Waals surface area contributed by atoms with E-state index < -0.39 is 0 Å². The number of rotatable bonds is 5. The van der Waals surface area contributed by atoms with E-state index >= 15 is 0 Å². The van der Waals surface area contributed by atoms with Crippen LogP contribution in [0.3, 0.4) is 0 Å². The summed E-state index contributed by atoms with van der Waals surface area (Å²) in [6.07, 6.45) is 0. The summed E-state index contributed by atoms with van der Waals surface area (Å²) >= 11 is 0. The highest BCUT2D eigenvalue weighted by Gasteiger charge is 2.22. The van der Waals surface area contributed by atoms with Crippen LogP contribution in [0.15, 0.2) is 77.2 Å². The molecule has 4 aromatic rings. The zero-order valence-corrected chi connectivity index (χ0v) is 15.2. The van der Waals surface area contributed by atoms with Gasteiger partial charge in [0.2, 0.25) is 0 Å². The number of ether oxygens (including phenoxy) is 1. The van der Waals surface area contributed by atoms with Crippen LogP contribution in [0.4, 0.5) is 10.1 Å². The van der Waals surface area contributed by atoms with Crippen LogP contribution in [0.1, 0.15) is 17.3 Å². The van der Waals surface area contributed by atoms with Crippen LogP contribution in [0.25, 0.3) is 22.3 Å². The third-order valence-electron chi connectivity index (χ3n) is 4.34. The van der Waals surface area contributed by atoms with Gasteiger partial charge in [-0.25, -0.2) is 4.39 Å². The molecule has 1 N–H and O–H groups in total. The van der Waals surface area contributed by atoms with Crippen molar-refractivity contribution in [3.05, 3.63) is 84.2 Å². The van der Waals surface area contributed by atoms with Crippen molar-refractivity contribution in [2.75, 3.05) is 11.9 Å². The van der Waals surface area contributed by atoms with E-state index in [4.69, 9.17) is 9.15 Å². The Bertz CT molecular complexity index is 1120. The summed E-state index contributed by atoms with van der Waals surface area (Å²) in [7, 11) is 0. The Morgan fingerprint density at radius 1 is 1.04 bits per heavy atom. The number of amides is 1. The van der Waals surface area contributed by atoms with Crippen molar-refractivity contribution >= 4 is 22.6 Å². The van der Waals surface area contributed by atoms with Gasteiger partial charge >= 0.3 is 0 Å². The number of carbonyl (C=O) groups is 1. The third kappa shape index (κ3) is 3.47. The molecule has 4 nitrogen and oxygen atoms in total. The Balaban J connectivity index is 1.83. The van der Waals surface area contributed by atoms with Gasteiger partial charge in [0.1, 0.15) is 22.9 Å². The maximum Gasteiger partial charge on any atom is 0.260 e. The molecule has 4 rings (SSSR count). The highest BCUT2D eigenvalue weighted by Crippen LogP contribution is 2.36. The lowest BCUT2D eigenvalue weighted by atomic mass is 10.0. The highest BCUT2D eigenvalue weighted by molar-refractivity contribution is 6.16. The van der Waals surface area contributed by atoms with E-state index in [1.165, 1.54) is 24.3 Å². The minimum absolute atomic E-state index is 0.335. The standard InChI is InChI=1S/C23H18FNO3/c1-2-27-18-12-13-20-19(14-18)21(22(28-20)15-6-4-3-5-7-15)23(26)25-17-10-8-16(24)9-11-17/h3-14H,2H2,1H3,(H,25,26). The molecule has 0 fully saturated rings. The highest BCUT2D eigenvalue weighted by atomic mass is 19.1. The van der Waals surface area contributed by atoms with Gasteiger partial charge in [-0.3, -0.25) is 4.79 Å². The lowest BCUT2D eigenvalue weighted by Crippen LogP contribution is -2.12. The smallest absolute Gasteiger partial charge is 0.260 e. The molecule has 140 valence electrons. The predicted octanol–water partition coefficient (Wildman–Crippen LogP) is 5.89. The summed E-state index contributed by atoms with van der Waals surface area (Å²) in [6.45, 7) is 2.42. The third-order valence-corrected chi connectivity index (χ3v) is 4.34. The molecule has 0 saturated heterocycles. The van der Waals surface area contributed by atoms with Crippen LogP contribution in [-0.2, 0) is 0 Å². The normalized spacial score (nSPS) is 10.8. The Kier molecular flexibility index (Phi) is 4.81. The van der Waals surface area contributed by atoms with E-state index in [1.807, 2.05) is 43.3 Å². The Morgan fingerprint density at radius 3 is 2.50 bits per heavy atom. The number of hydrogen-bond donors (Lipinski definition) is 1. The van der Waals surface area contributed by atoms with Crippen LogP contribution >= 0.6 is 0 Å². The SMILES string of the molecule is CCOc1ccc2oc(-c3ccccc3)c(C(=O)Nc3ccc(F)cc3)c2c1. The monoisotopic (exact) mass is 375 g/mol. The molecule has 0 aliphatic heterocycles. The Labute approximate surface area is 161 Å². The average molecular weight is 375 g/mol. The number of hydrogen-bond acceptors (Lipinski definition) is 3. The van der Waals surface area contributed by atoms with Gasteiger partial charge in [-0.1, -0.05) is 30.3 Å². The van der Waals surface area contributed by atoms with Gasteiger partial charge in [0.25, 0.3) is 5.91 Å². The summed E-state index contributed by atoms with van der Waals surface area (Å²) in [4.78, 5) is 13.1. The van der Waals surface area contributed by atoms with Crippen molar-refractivity contribution in [3.63, 3.8) is 0 Å². The van der Waals surface area contributed by atoms with Crippen LogP contribution < -0.4 is 10.1 Å². The topological polar surface area (TPSA) is 51.5 Å². The van der Waals surface area contributed by atoms with Crippen molar-refractivity contribution in [2.24, 2.45) is 0 Å². The van der Waals surface area contributed by atoms with E-state index in [9.17, 15) is 9.18 Å². The minimum Gasteiger partial charge on any atom is -0.494 e. The average Bonchev–Trinajstić information content (AvgIpc) is 3.09. The van der Waals surface area contributed by atoms with E-state index in [0.29, 0.717) is 40.3 Å². The molecular weight excluding hydrogens is 357 g/mol. The first kappa shape index (κ1) is 17.8. The first-order valence-corrected chi connectivity index (χ1v) is 8.97. The van der Waals surface area contributed by atoms with Gasteiger partial charge in [-0.05, 0) is 49.4 Å². The Hall–Kier alpha value is -3.60.